The summed E-state index contributed by atoms with van der Waals surface area (Å²) in [5, 5.41) is 2.04. The fraction of sp³-hybridized carbons (Fsp3) is 0.500. The minimum Gasteiger partial charge on any atom is -0.333 e. The second kappa shape index (κ2) is 10.1. The third kappa shape index (κ3) is 5.29. The third-order valence-corrected chi connectivity index (χ3v) is 7.44. The molecule has 31 heavy (non-hydrogen) atoms. The second-order valence-electron chi connectivity index (χ2n) is 8.69. The lowest BCUT2D eigenvalue weighted by molar-refractivity contribution is -0.146. The van der Waals surface area contributed by atoms with Crippen LogP contribution in [0.1, 0.15) is 55.7 Å². The fourth-order valence-corrected chi connectivity index (χ4v) is 4.95. The number of rotatable bonds is 8. The van der Waals surface area contributed by atoms with Crippen molar-refractivity contribution in [3.8, 4) is 0 Å². The van der Waals surface area contributed by atoms with Crippen LogP contribution >= 0.6 is 22.9 Å². The number of thiophene rings is 1. The molecule has 0 saturated heterocycles. The molecule has 2 aromatic rings. The molecule has 0 fully saturated rings. The first kappa shape index (κ1) is 23.7. The molecular weight excluding hydrogens is 435 g/mol. The molecule has 168 valence electrons. The van der Waals surface area contributed by atoms with E-state index in [0.717, 1.165) is 30.4 Å². The van der Waals surface area contributed by atoms with Gasteiger partial charge in [-0.25, -0.2) is 4.39 Å². The zero-order chi connectivity index (χ0) is 22.6. The summed E-state index contributed by atoms with van der Waals surface area (Å²) in [4.78, 5) is 31.3. The minimum atomic E-state index is -0.728. The van der Waals surface area contributed by atoms with E-state index in [4.69, 9.17) is 11.6 Å². The summed E-state index contributed by atoms with van der Waals surface area (Å²) in [7, 11) is 0. The van der Waals surface area contributed by atoms with Crippen LogP contribution in [-0.2, 0) is 16.0 Å². The molecule has 1 aliphatic rings. The van der Waals surface area contributed by atoms with Gasteiger partial charge in [0.15, 0.2) is 0 Å². The number of hydrogen-bond acceptors (Lipinski definition) is 3. The molecular formula is C24H30ClFN2O2S. The number of carbonyl (C=O) groups excluding carboxylic acids is 2. The lowest BCUT2D eigenvalue weighted by atomic mass is 9.92. The molecule has 3 rings (SSSR count). The number of fused-ring (bicyclic) bond motifs is 1. The van der Waals surface area contributed by atoms with E-state index in [2.05, 4.69) is 6.92 Å². The Balaban J connectivity index is 1.88. The molecule has 0 aliphatic carbocycles. The van der Waals surface area contributed by atoms with Crippen molar-refractivity contribution in [2.45, 2.75) is 46.1 Å². The van der Waals surface area contributed by atoms with Gasteiger partial charge in [-0.1, -0.05) is 25.5 Å². The smallest absolute Gasteiger partial charge is 0.242 e. The minimum absolute atomic E-state index is 0.0241. The lowest BCUT2D eigenvalue weighted by Gasteiger charge is -2.38. The number of hydrogen-bond donors (Lipinski definition) is 0. The molecule has 4 nitrogen and oxygen atoms in total. The van der Waals surface area contributed by atoms with Gasteiger partial charge in [-0.2, -0.15) is 0 Å². The van der Waals surface area contributed by atoms with Crippen LogP contribution in [0.4, 0.5) is 4.39 Å². The van der Waals surface area contributed by atoms with Crippen molar-refractivity contribution in [2.24, 2.45) is 5.41 Å². The average molecular weight is 465 g/mol. The summed E-state index contributed by atoms with van der Waals surface area (Å²) < 4.78 is 13.5. The van der Waals surface area contributed by atoms with Crippen LogP contribution in [-0.4, -0.2) is 47.1 Å². The van der Waals surface area contributed by atoms with Crippen molar-refractivity contribution in [1.82, 2.24) is 9.80 Å². The monoisotopic (exact) mass is 464 g/mol. The van der Waals surface area contributed by atoms with Gasteiger partial charge in [0.2, 0.25) is 11.8 Å². The SMILES string of the molecule is CCCCN(CC(=O)N1CCc2sccc2C1c1ccc(F)cc1)C(=O)C(C)(C)CCl. The van der Waals surface area contributed by atoms with Crippen LogP contribution in [0.15, 0.2) is 35.7 Å². The maximum absolute atomic E-state index is 13.5. The summed E-state index contributed by atoms with van der Waals surface area (Å²) >= 11 is 7.72. The first-order valence-corrected chi connectivity index (χ1v) is 12.2. The highest BCUT2D eigenvalue weighted by molar-refractivity contribution is 7.10. The van der Waals surface area contributed by atoms with Gasteiger partial charge >= 0.3 is 0 Å². The van der Waals surface area contributed by atoms with E-state index in [0.29, 0.717) is 13.1 Å². The second-order valence-corrected chi connectivity index (χ2v) is 9.96. The molecule has 1 atom stereocenters. The van der Waals surface area contributed by atoms with E-state index >= 15 is 0 Å². The molecule has 0 N–H and O–H groups in total. The number of alkyl halides is 1. The van der Waals surface area contributed by atoms with E-state index < -0.39 is 5.41 Å². The first-order valence-electron chi connectivity index (χ1n) is 10.7. The average Bonchev–Trinajstić information content (AvgIpc) is 3.24. The summed E-state index contributed by atoms with van der Waals surface area (Å²) in [5.74, 6) is -0.303. The van der Waals surface area contributed by atoms with Gasteiger partial charge in [-0.3, -0.25) is 9.59 Å². The van der Waals surface area contributed by atoms with Gasteiger partial charge in [0.25, 0.3) is 0 Å². The third-order valence-electron chi connectivity index (χ3n) is 5.78. The first-order chi connectivity index (χ1) is 14.8. The molecule has 2 amide bonds. The van der Waals surface area contributed by atoms with Crippen molar-refractivity contribution in [3.63, 3.8) is 0 Å². The molecule has 1 unspecified atom stereocenters. The lowest BCUT2D eigenvalue weighted by Crippen LogP contribution is -2.50. The number of amides is 2. The van der Waals surface area contributed by atoms with Gasteiger partial charge < -0.3 is 9.80 Å². The van der Waals surface area contributed by atoms with E-state index in [1.165, 1.54) is 17.0 Å². The molecule has 1 aliphatic heterocycles. The quantitative estimate of drug-likeness (QED) is 0.500. The Morgan fingerprint density at radius 3 is 2.61 bits per heavy atom. The van der Waals surface area contributed by atoms with Gasteiger partial charge in [0.05, 0.1) is 18.0 Å². The highest BCUT2D eigenvalue weighted by Crippen LogP contribution is 2.38. The fourth-order valence-electron chi connectivity index (χ4n) is 3.93. The van der Waals surface area contributed by atoms with E-state index in [1.807, 2.05) is 30.2 Å². The Bertz CT molecular complexity index is 913. The van der Waals surface area contributed by atoms with Crippen molar-refractivity contribution < 1.29 is 14.0 Å². The van der Waals surface area contributed by atoms with E-state index in [-0.39, 0.29) is 36.1 Å². The van der Waals surface area contributed by atoms with E-state index in [9.17, 15) is 14.0 Å². The van der Waals surface area contributed by atoms with Crippen LogP contribution in [0, 0.1) is 11.2 Å². The zero-order valence-electron chi connectivity index (χ0n) is 18.4. The molecule has 7 heteroatoms. The molecule has 1 aromatic heterocycles. The predicted molar refractivity (Wildman–Crippen MR) is 124 cm³/mol. The van der Waals surface area contributed by atoms with Crippen molar-refractivity contribution in [2.75, 3.05) is 25.5 Å². The van der Waals surface area contributed by atoms with Crippen LogP contribution in [0.5, 0.6) is 0 Å². The summed E-state index contributed by atoms with van der Waals surface area (Å²) in [5.41, 5.74) is 1.24. The van der Waals surface area contributed by atoms with Gasteiger partial charge in [-0.15, -0.1) is 22.9 Å². The van der Waals surface area contributed by atoms with Crippen molar-refractivity contribution >= 4 is 34.8 Å². The number of unbranched alkanes of at least 4 members (excludes halogenated alkanes) is 1. The number of benzene rings is 1. The topological polar surface area (TPSA) is 40.6 Å². The number of carbonyl (C=O) groups is 2. The van der Waals surface area contributed by atoms with Crippen LogP contribution in [0.3, 0.4) is 0 Å². The molecule has 0 spiro atoms. The molecule has 1 aromatic carbocycles. The zero-order valence-corrected chi connectivity index (χ0v) is 19.9. The highest BCUT2D eigenvalue weighted by Gasteiger charge is 2.36. The Labute approximate surface area is 193 Å². The standard InChI is InChI=1S/C24H30ClFN2O2S/c1-4-5-12-27(23(30)24(2,3)16-25)15-21(29)28-13-10-20-19(11-14-31-20)22(28)17-6-8-18(26)9-7-17/h6-9,11,14,22H,4-5,10,12-13,15-16H2,1-3H3. The van der Waals surface area contributed by atoms with Gasteiger partial charge in [0, 0.05) is 23.8 Å². The van der Waals surface area contributed by atoms with E-state index in [1.54, 1.807) is 28.4 Å². The van der Waals surface area contributed by atoms with Crippen LogP contribution in [0.2, 0.25) is 0 Å². The van der Waals surface area contributed by atoms with Crippen LogP contribution in [0.25, 0.3) is 0 Å². The van der Waals surface area contributed by atoms with Gasteiger partial charge in [-0.05, 0) is 61.4 Å². The van der Waals surface area contributed by atoms with Crippen molar-refractivity contribution in [1.29, 1.82) is 0 Å². The Kier molecular flexibility index (Phi) is 7.76. The highest BCUT2D eigenvalue weighted by atomic mass is 35.5. The van der Waals surface area contributed by atoms with Crippen LogP contribution < -0.4 is 0 Å². The molecule has 0 saturated carbocycles. The summed E-state index contributed by atoms with van der Waals surface area (Å²) in [6, 6.07) is 8.11. The molecule has 2 heterocycles. The summed E-state index contributed by atoms with van der Waals surface area (Å²) in [6.07, 6.45) is 2.54. The summed E-state index contributed by atoms with van der Waals surface area (Å²) in [6.45, 7) is 6.81. The largest absolute Gasteiger partial charge is 0.333 e. The Morgan fingerprint density at radius 1 is 1.26 bits per heavy atom. The maximum atomic E-state index is 13.5. The van der Waals surface area contributed by atoms with Gasteiger partial charge in [0.1, 0.15) is 5.82 Å². The normalized spacial score (nSPS) is 16.2. The Morgan fingerprint density at radius 2 is 1.97 bits per heavy atom. The number of halogens is 2. The number of nitrogens with zero attached hydrogens (tertiary/aromatic N) is 2. The van der Waals surface area contributed by atoms with Crippen molar-refractivity contribution in [3.05, 3.63) is 57.5 Å². The molecule has 0 radical (unpaired) electrons. The predicted octanol–water partition coefficient (Wildman–Crippen LogP) is 5.26. The molecule has 0 bridgehead atoms. The Hall–Kier alpha value is -1.92. The maximum Gasteiger partial charge on any atom is 0.242 e.